The Bertz CT molecular complexity index is 497. The third-order valence-electron chi connectivity index (χ3n) is 3.23. The number of aromatic hydroxyl groups is 1. The number of sulfonamides is 1. The highest BCUT2D eigenvalue weighted by Gasteiger charge is 2.34. The molecule has 2 N–H and O–H groups in total. The molecule has 1 saturated heterocycles. The van der Waals surface area contributed by atoms with Crippen LogP contribution in [0, 0.1) is 0 Å². The van der Waals surface area contributed by atoms with Crippen LogP contribution in [0.5, 0.6) is 5.75 Å². The van der Waals surface area contributed by atoms with Gasteiger partial charge in [0, 0.05) is 19.2 Å². The van der Waals surface area contributed by atoms with Gasteiger partial charge < -0.3 is 10.2 Å². The van der Waals surface area contributed by atoms with Gasteiger partial charge >= 0.3 is 0 Å². The Morgan fingerprint density at radius 2 is 1.94 bits per heavy atom. The predicted molar refractivity (Wildman–Crippen MR) is 66.7 cm³/mol. The maximum atomic E-state index is 12.4. The first-order valence-electron chi connectivity index (χ1n) is 5.97. The summed E-state index contributed by atoms with van der Waals surface area (Å²) in [5, 5.41) is 18.1. The number of hydrogen-bond acceptors (Lipinski definition) is 4. The minimum Gasteiger partial charge on any atom is -0.508 e. The predicted octanol–water partition coefficient (Wildman–Crippen LogP) is 0.928. The molecule has 0 bridgehead atoms. The van der Waals surface area contributed by atoms with Gasteiger partial charge in [-0.15, -0.1) is 0 Å². The number of rotatable bonds is 4. The molecule has 0 spiro atoms. The second-order valence-corrected chi connectivity index (χ2v) is 6.31. The molecule has 1 heterocycles. The van der Waals surface area contributed by atoms with Crippen molar-refractivity contribution in [1.29, 1.82) is 0 Å². The van der Waals surface area contributed by atoms with Crippen LogP contribution in [0.3, 0.4) is 0 Å². The Morgan fingerprint density at radius 1 is 1.28 bits per heavy atom. The normalized spacial score (nSPS) is 21.3. The van der Waals surface area contributed by atoms with Crippen LogP contribution in [-0.4, -0.2) is 42.1 Å². The summed E-state index contributed by atoms with van der Waals surface area (Å²) in [4.78, 5) is 0.185. The maximum Gasteiger partial charge on any atom is 0.243 e. The molecule has 5 nitrogen and oxygen atoms in total. The standard InChI is InChI=1S/C12H17NO4S/c14-9-7-10-2-1-8-13(10)18(16,17)12-5-3-11(15)4-6-12/h3-6,10,14-15H,1-2,7-9H2. The molecule has 1 unspecified atom stereocenters. The van der Waals surface area contributed by atoms with Crippen LogP contribution in [0.1, 0.15) is 19.3 Å². The molecule has 0 amide bonds. The molecule has 1 aliphatic heterocycles. The molecular formula is C12H17NO4S. The minimum atomic E-state index is -3.52. The van der Waals surface area contributed by atoms with Crippen molar-refractivity contribution in [2.45, 2.75) is 30.2 Å². The Balaban J connectivity index is 2.27. The van der Waals surface area contributed by atoms with Gasteiger partial charge in [-0.3, -0.25) is 0 Å². The zero-order chi connectivity index (χ0) is 13.2. The van der Waals surface area contributed by atoms with Gasteiger partial charge in [0.25, 0.3) is 0 Å². The number of hydrogen-bond donors (Lipinski definition) is 2. The molecule has 2 rings (SSSR count). The van der Waals surface area contributed by atoms with E-state index in [4.69, 9.17) is 5.11 Å². The second kappa shape index (κ2) is 5.26. The largest absolute Gasteiger partial charge is 0.508 e. The average molecular weight is 271 g/mol. The van der Waals surface area contributed by atoms with E-state index in [9.17, 15) is 13.5 Å². The van der Waals surface area contributed by atoms with Crippen LogP contribution in [0.15, 0.2) is 29.2 Å². The lowest BCUT2D eigenvalue weighted by molar-refractivity contribution is 0.246. The van der Waals surface area contributed by atoms with E-state index < -0.39 is 10.0 Å². The van der Waals surface area contributed by atoms with E-state index in [-0.39, 0.29) is 23.3 Å². The van der Waals surface area contributed by atoms with E-state index in [0.29, 0.717) is 13.0 Å². The molecule has 6 heteroatoms. The Kier molecular flexibility index (Phi) is 3.89. The Morgan fingerprint density at radius 3 is 2.56 bits per heavy atom. The highest BCUT2D eigenvalue weighted by Crippen LogP contribution is 2.28. The summed E-state index contributed by atoms with van der Waals surface area (Å²) in [7, 11) is -3.52. The van der Waals surface area contributed by atoms with E-state index in [1.54, 1.807) is 0 Å². The van der Waals surface area contributed by atoms with Gasteiger partial charge in [-0.2, -0.15) is 4.31 Å². The molecule has 1 fully saturated rings. The van der Waals surface area contributed by atoms with Crippen molar-refractivity contribution in [3.05, 3.63) is 24.3 Å². The molecule has 1 atom stereocenters. The van der Waals surface area contributed by atoms with E-state index in [2.05, 4.69) is 0 Å². The molecule has 1 aromatic carbocycles. The van der Waals surface area contributed by atoms with Crippen molar-refractivity contribution in [3.8, 4) is 5.75 Å². The van der Waals surface area contributed by atoms with Gasteiger partial charge in [0.1, 0.15) is 5.75 Å². The number of nitrogens with zero attached hydrogens (tertiary/aromatic N) is 1. The lowest BCUT2D eigenvalue weighted by Gasteiger charge is -2.23. The van der Waals surface area contributed by atoms with Crippen LogP contribution in [0.25, 0.3) is 0 Å². The summed E-state index contributed by atoms with van der Waals surface area (Å²) in [5.41, 5.74) is 0. The summed E-state index contributed by atoms with van der Waals surface area (Å²) < 4.78 is 26.2. The van der Waals surface area contributed by atoms with E-state index in [0.717, 1.165) is 12.8 Å². The summed E-state index contributed by atoms with van der Waals surface area (Å²) in [6.45, 7) is 0.486. The second-order valence-electron chi connectivity index (χ2n) is 4.42. The van der Waals surface area contributed by atoms with Gasteiger partial charge in [0.15, 0.2) is 0 Å². The number of benzene rings is 1. The third kappa shape index (κ3) is 2.50. The fourth-order valence-electron chi connectivity index (χ4n) is 2.32. The van der Waals surface area contributed by atoms with E-state index in [1.165, 1.54) is 28.6 Å². The van der Waals surface area contributed by atoms with Crippen LogP contribution in [0.2, 0.25) is 0 Å². The first kappa shape index (κ1) is 13.3. The number of aliphatic hydroxyl groups excluding tert-OH is 1. The molecule has 18 heavy (non-hydrogen) atoms. The smallest absolute Gasteiger partial charge is 0.243 e. The fraction of sp³-hybridized carbons (Fsp3) is 0.500. The number of phenols is 1. The molecule has 0 aliphatic carbocycles. The third-order valence-corrected chi connectivity index (χ3v) is 5.19. The van der Waals surface area contributed by atoms with Crippen LogP contribution < -0.4 is 0 Å². The topological polar surface area (TPSA) is 77.8 Å². The zero-order valence-corrected chi connectivity index (χ0v) is 10.8. The van der Waals surface area contributed by atoms with Crippen molar-refractivity contribution < 1.29 is 18.6 Å². The summed E-state index contributed by atoms with van der Waals surface area (Å²) >= 11 is 0. The van der Waals surface area contributed by atoms with E-state index in [1.807, 2.05) is 0 Å². The first-order valence-corrected chi connectivity index (χ1v) is 7.41. The van der Waals surface area contributed by atoms with Gasteiger partial charge in [0.2, 0.25) is 10.0 Å². The molecule has 100 valence electrons. The summed E-state index contributed by atoms with van der Waals surface area (Å²) in [5.74, 6) is 0.0438. The Hall–Kier alpha value is -1.11. The lowest BCUT2D eigenvalue weighted by Crippen LogP contribution is -2.36. The molecule has 0 aromatic heterocycles. The SMILES string of the molecule is O=S(=O)(c1ccc(O)cc1)N1CCCC1CCO. The van der Waals surface area contributed by atoms with Crippen LogP contribution >= 0.6 is 0 Å². The Labute approximate surface area is 107 Å². The molecule has 0 saturated carbocycles. The van der Waals surface area contributed by atoms with Crippen molar-refractivity contribution in [2.24, 2.45) is 0 Å². The summed E-state index contributed by atoms with van der Waals surface area (Å²) in [6, 6.07) is 5.42. The zero-order valence-electron chi connectivity index (χ0n) is 9.99. The number of phenolic OH excluding ortho intramolecular Hbond substituents is 1. The maximum absolute atomic E-state index is 12.4. The highest BCUT2D eigenvalue weighted by molar-refractivity contribution is 7.89. The van der Waals surface area contributed by atoms with Crippen molar-refractivity contribution in [1.82, 2.24) is 4.31 Å². The minimum absolute atomic E-state index is 0.00767. The molecule has 1 aromatic rings. The lowest BCUT2D eigenvalue weighted by atomic mass is 10.2. The molecular weight excluding hydrogens is 254 g/mol. The van der Waals surface area contributed by atoms with Gasteiger partial charge in [-0.25, -0.2) is 8.42 Å². The highest BCUT2D eigenvalue weighted by atomic mass is 32.2. The average Bonchev–Trinajstić information content (AvgIpc) is 2.79. The van der Waals surface area contributed by atoms with Crippen LogP contribution in [0.4, 0.5) is 0 Å². The monoisotopic (exact) mass is 271 g/mol. The quantitative estimate of drug-likeness (QED) is 0.854. The van der Waals surface area contributed by atoms with Gasteiger partial charge in [0.05, 0.1) is 4.90 Å². The van der Waals surface area contributed by atoms with Gasteiger partial charge in [-0.1, -0.05) is 0 Å². The molecule has 1 aliphatic rings. The van der Waals surface area contributed by atoms with Crippen molar-refractivity contribution in [2.75, 3.05) is 13.2 Å². The van der Waals surface area contributed by atoms with Crippen molar-refractivity contribution >= 4 is 10.0 Å². The van der Waals surface area contributed by atoms with Gasteiger partial charge in [-0.05, 0) is 43.5 Å². The summed E-state index contributed by atoms with van der Waals surface area (Å²) in [6.07, 6.45) is 2.08. The van der Waals surface area contributed by atoms with Crippen molar-refractivity contribution in [3.63, 3.8) is 0 Å². The molecule has 0 radical (unpaired) electrons. The van der Waals surface area contributed by atoms with E-state index >= 15 is 0 Å². The van der Waals surface area contributed by atoms with Crippen LogP contribution in [-0.2, 0) is 10.0 Å². The fourth-order valence-corrected chi connectivity index (χ4v) is 4.04. The first-order chi connectivity index (χ1) is 8.55. The number of aliphatic hydroxyl groups is 1.